The third-order valence-corrected chi connectivity index (χ3v) is 4.44. The van der Waals surface area contributed by atoms with Crippen molar-refractivity contribution in [3.8, 4) is 17.2 Å². The van der Waals surface area contributed by atoms with Crippen molar-refractivity contribution >= 4 is 11.9 Å². The molecule has 1 heterocycles. The lowest BCUT2D eigenvalue weighted by atomic mass is 10.1. The molecule has 0 radical (unpaired) electrons. The molecule has 3 rings (SSSR count). The van der Waals surface area contributed by atoms with Crippen molar-refractivity contribution in [1.29, 1.82) is 0 Å². The lowest BCUT2D eigenvalue weighted by molar-refractivity contribution is -0.134. The minimum absolute atomic E-state index is 0.262. The Kier molecular flexibility index (Phi) is 6.94. The molecule has 2 aromatic carbocycles. The Labute approximate surface area is 170 Å². The molecule has 0 unspecified atom stereocenters. The zero-order valence-corrected chi connectivity index (χ0v) is 16.7. The van der Waals surface area contributed by atoms with Crippen LogP contribution in [0, 0.1) is 0 Å². The number of carbonyl (C=O) groups is 2. The van der Waals surface area contributed by atoms with Crippen molar-refractivity contribution in [3.05, 3.63) is 53.6 Å². The Bertz CT molecular complexity index is 849. The molecule has 0 saturated heterocycles. The summed E-state index contributed by atoms with van der Waals surface area (Å²) in [6, 6.07) is 12.2. The molecule has 0 atom stereocenters. The zero-order valence-electron chi connectivity index (χ0n) is 16.7. The molecule has 7 heteroatoms. The number of benzene rings is 2. The van der Waals surface area contributed by atoms with Gasteiger partial charge in [-0.25, -0.2) is 4.79 Å². The van der Waals surface area contributed by atoms with Crippen LogP contribution in [0.5, 0.6) is 17.2 Å². The molecule has 0 spiro atoms. The van der Waals surface area contributed by atoms with Crippen LogP contribution in [0.2, 0.25) is 0 Å². The predicted octanol–water partition coefficient (Wildman–Crippen LogP) is 3.06. The quantitative estimate of drug-likeness (QED) is 0.635. The summed E-state index contributed by atoms with van der Waals surface area (Å²) in [7, 11) is 0. The average Bonchev–Trinajstić information content (AvgIpc) is 2.76. The molecule has 0 N–H and O–H groups in total. The minimum atomic E-state index is -0.545. The van der Waals surface area contributed by atoms with Gasteiger partial charge in [-0.3, -0.25) is 4.79 Å². The fourth-order valence-corrected chi connectivity index (χ4v) is 2.94. The molecule has 0 fully saturated rings. The van der Waals surface area contributed by atoms with Crippen molar-refractivity contribution < 1.29 is 28.5 Å². The largest absolute Gasteiger partial charge is 0.494 e. The molecule has 1 amide bonds. The monoisotopic (exact) mass is 399 g/mol. The van der Waals surface area contributed by atoms with Crippen LogP contribution in [0.4, 0.5) is 0 Å². The molecule has 29 heavy (non-hydrogen) atoms. The lowest BCUT2D eigenvalue weighted by Gasteiger charge is -2.23. The summed E-state index contributed by atoms with van der Waals surface area (Å²) in [4.78, 5) is 26.3. The van der Waals surface area contributed by atoms with Gasteiger partial charge in [0.05, 0.1) is 12.2 Å². The standard InChI is InChI=1S/C22H25NO6/c1-3-23(14-16-5-10-19-20(13-16)28-12-11-27-19)21(24)15-29-22(25)17-6-8-18(9-7-17)26-4-2/h5-10,13H,3-4,11-12,14-15H2,1-2H3. The molecular formula is C22H25NO6. The van der Waals surface area contributed by atoms with E-state index in [9.17, 15) is 9.59 Å². The molecule has 0 bridgehead atoms. The highest BCUT2D eigenvalue weighted by Gasteiger charge is 2.18. The maximum atomic E-state index is 12.5. The van der Waals surface area contributed by atoms with Crippen LogP contribution in [-0.2, 0) is 16.1 Å². The van der Waals surface area contributed by atoms with Crippen LogP contribution >= 0.6 is 0 Å². The van der Waals surface area contributed by atoms with Gasteiger partial charge in [0, 0.05) is 13.1 Å². The maximum absolute atomic E-state index is 12.5. The second-order valence-electron chi connectivity index (χ2n) is 6.42. The van der Waals surface area contributed by atoms with Crippen molar-refractivity contribution in [3.63, 3.8) is 0 Å². The SMILES string of the molecule is CCOc1ccc(C(=O)OCC(=O)N(CC)Cc2ccc3c(c2)OCCO3)cc1. The molecule has 1 aliphatic heterocycles. The molecule has 0 aromatic heterocycles. The number of amides is 1. The van der Waals surface area contributed by atoms with Gasteiger partial charge >= 0.3 is 5.97 Å². The minimum Gasteiger partial charge on any atom is -0.494 e. The molecule has 1 aliphatic rings. The summed E-state index contributed by atoms with van der Waals surface area (Å²) in [6.07, 6.45) is 0. The average molecular weight is 399 g/mol. The van der Waals surface area contributed by atoms with Gasteiger partial charge < -0.3 is 23.8 Å². The van der Waals surface area contributed by atoms with Crippen LogP contribution in [0.1, 0.15) is 29.8 Å². The van der Waals surface area contributed by atoms with E-state index in [1.807, 2.05) is 32.0 Å². The van der Waals surface area contributed by atoms with Crippen LogP contribution in [0.3, 0.4) is 0 Å². The van der Waals surface area contributed by atoms with Gasteiger partial charge in [-0.05, 0) is 55.8 Å². The highest BCUT2D eigenvalue weighted by Crippen LogP contribution is 2.31. The van der Waals surface area contributed by atoms with Gasteiger partial charge in [0.15, 0.2) is 18.1 Å². The van der Waals surface area contributed by atoms with Gasteiger partial charge in [-0.15, -0.1) is 0 Å². The normalized spacial score (nSPS) is 12.2. The maximum Gasteiger partial charge on any atom is 0.338 e. The first kappa shape index (κ1) is 20.5. The Hall–Kier alpha value is -3.22. The van der Waals surface area contributed by atoms with E-state index < -0.39 is 5.97 Å². The number of esters is 1. The number of fused-ring (bicyclic) bond motifs is 1. The first-order valence-corrected chi connectivity index (χ1v) is 9.67. The topological polar surface area (TPSA) is 74.3 Å². The number of rotatable bonds is 8. The van der Waals surface area contributed by atoms with E-state index >= 15 is 0 Å². The van der Waals surface area contributed by atoms with Crippen LogP contribution in [0.15, 0.2) is 42.5 Å². The Morgan fingerprint density at radius 3 is 2.41 bits per heavy atom. The first-order valence-electron chi connectivity index (χ1n) is 9.67. The van der Waals surface area contributed by atoms with E-state index in [0.717, 1.165) is 5.56 Å². The van der Waals surface area contributed by atoms with Gasteiger partial charge in [-0.1, -0.05) is 6.07 Å². The third kappa shape index (κ3) is 5.40. The highest BCUT2D eigenvalue weighted by atomic mass is 16.6. The summed E-state index contributed by atoms with van der Waals surface area (Å²) in [5, 5.41) is 0. The number of carbonyl (C=O) groups excluding carboxylic acids is 2. The van der Waals surface area contributed by atoms with Crippen molar-refractivity contribution in [2.45, 2.75) is 20.4 Å². The predicted molar refractivity (Wildman–Crippen MR) is 106 cm³/mol. The number of ether oxygens (including phenoxy) is 4. The summed E-state index contributed by atoms with van der Waals surface area (Å²) in [5.74, 6) is 1.26. The van der Waals surface area contributed by atoms with Crippen LogP contribution in [0.25, 0.3) is 0 Å². The summed E-state index contributed by atoms with van der Waals surface area (Å²) >= 11 is 0. The highest BCUT2D eigenvalue weighted by molar-refractivity contribution is 5.91. The zero-order chi connectivity index (χ0) is 20.6. The van der Waals surface area contributed by atoms with E-state index in [1.54, 1.807) is 29.2 Å². The van der Waals surface area contributed by atoms with E-state index in [4.69, 9.17) is 18.9 Å². The first-order chi connectivity index (χ1) is 14.1. The summed E-state index contributed by atoms with van der Waals surface area (Å²) < 4.78 is 21.6. The molecular weight excluding hydrogens is 374 g/mol. The fraction of sp³-hybridized carbons (Fsp3) is 0.364. The second-order valence-corrected chi connectivity index (χ2v) is 6.42. The van der Waals surface area contributed by atoms with E-state index in [-0.39, 0.29) is 12.5 Å². The number of hydrogen-bond acceptors (Lipinski definition) is 6. The van der Waals surface area contributed by atoms with Crippen molar-refractivity contribution in [1.82, 2.24) is 4.90 Å². The second kappa shape index (κ2) is 9.82. The van der Waals surface area contributed by atoms with E-state index in [1.165, 1.54) is 0 Å². The van der Waals surface area contributed by atoms with Crippen molar-refractivity contribution in [2.24, 2.45) is 0 Å². The number of likely N-dealkylation sites (N-methyl/N-ethyl adjacent to an activating group) is 1. The third-order valence-electron chi connectivity index (χ3n) is 4.44. The Balaban J connectivity index is 1.54. The lowest BCUT2D eigenvalue weighted by Crippen LogP contribution is -2.34. The number of nitrogens with zero attached hydrogens (tertiary/aromatic N) is 1. The Morgan fingerprint density at radius 1 is 1.00 bits per heavy atom. The van der Waals surface area contributed by atoms with Gasteiger partial charge in [-0.2, -0.15) is 0 Å². The summed E-state index contributed by atoms with van der Waals surface area (Å²) in [5.41, 5.74) is 1.29. The van der Waals surface area contributed by atoms with E-state index in [0.29, 0.717) is 55.7 Å². The van der Waals surface area contributed by atoms with Gasteiger partial charge in [0.25, 0.3) is 5.91 Å². The smallest absolute Gasteiger partial charge is 0.338 e. The van der Waals surface area contributed by atoms with Gasteiger partial charge in [0.1, 0.15) is 19.0 Å². The molecule has 154 valence electrons. The van der Waals surface area contributed by atoms with Gasteiger partial charge in [0.2, 0.25) is 0 Å². The molecule has 0 saturated carbocycles. The van der Waals surface area contributed by atoms with Crippen LogP contribution in [-0.4, -0.2) is 49.7 Å². The van der Waals surface area contributed by atoms with Crippen LogP contribution < -0.4 is 14.2 Å². The summed E-state index contributed by atoms with van der Waals surface area (Å²) in [6.45, 7) is 5.93. The molecule has 7 nitrogen and oxygen atoms in total. The van der Waals surface area contributed by atoms with E-state index in [2.05, 4.69) is 0 Å². The molecule has 2 aromatic rings. The number of hydrogen-bond donors (Lipinski definition) is 0. The Morgan fingerprint density at radius 2 is 1.72 bits per heavy atom. The fourth-order valence-electron chi connectivity index (χ4n) is 2.94. The molecule has 0 aliphatic carbocycles. The van der Waals surface area contributed by atoms with Crippen molar-refractivity contribution in [2.75, 3.05) is 33.0 Å².